The molecule has 160 valence electrons. The SMILES string of the molecule is CC(C)C[C@@H](NC(=O)CCN1C(=O)[C@H]2CCCC[C@H]2C1=O)c1nc2ccccc2o1. The fraction of sp³-hybridized carbons (Fsp3) is 0.565. The van der Waals surface area contributed by atoms with Crippen LogP contribution in [0.3, 0.4) is 0 Å². The summed E-state index contributed by atoms with van der Waals surface area (Å²) in [7, 11) is 0. The number of nitrogens with one attached hydrogen (secondary N) is 1. The second-order valence-corrected chi connectivity index (χ2v) is 8.85. The van der Waals surface area contributed by atoms with Gasteiger partial charge >= 0.3 is 0 Å². The van der Waals surface area contributed by atoms with Crippen molar-refractivity contribution < 1.29 is 18.8 Å². The molecule has 0 unspecified atom stereocenters. The highest BCUT2D eigenvalue weighted by Gasteiger charge is 2.47. The number of amides is 3. The summed E-state index contributed by atoms with van der Waals surface area (Å²) in [5.41, 5.74) is 1.44. The fourth-order valence-corrected chi connectivity index (χ4v) is 4.66. The third-order valence-electron chi connectivity index (χ3n) is 6.15. The van der Waals surface area contributed by atoms with E-state index in [-0.39, 0.29) is 48.6 Å². The molecule has 4 rings (SSSR count). The number of oxazole rings is 1. The van der Waals surface area contributed by atoms with Crippen molar-refractivity contribution in [2.75, 3.05) is 6.54 Å². The molecule has 30 heavy (non-hydrogen) atoms. The van der Waals surface area contributed by atoms with E-state index in [1.165, 1.54) is 4.90 Å². The third-order valence-corrected chi connectivity index (χ3v) is 6.15. The lowest BCUT2D eigenvalue weighted by Crippen LogP contribution is -2.36. The molecule has 1 saturated carbocycles. The van der Waals surface area contributed by atoms with Gasteiger partial charge in [0.15, 0.2) is 5.58 Å². The van der Waals surface area contributed by atoms with Gasteiger partial charge in [-0.05, 0) is 37.3 Å². The highest BCUT2D eigenvalue weighted by atomic mass is 16.3. The Balaban J connectivity index is 1.40. The zero-order chi connectivity index (χ0) is 21.3. The second-order valence-electron chi connectivity index (χ2n) is 8.85. The van der Waals surface area contributed by atoms with Gasteiger partial charge in [0.05, 0.1) is 11.8 Å². The number of para-hydroxylation sites is 2. The van der Waals surface area contributed by atoms with Crippen LogP contribution >= 0.6 is 0 Å². The number of carbonyl (C=O) groups excluding carboxylic acids is 3. The van der Waals surface area contributed by atoms with Crippen molar-refractivity contribution in [3.63, 3.8) is 0 Å². The molecule has 1 aliphatic heterocycles. The summed E-state index contributed by atoms with van der Waals surface area (Å²) in [6.45, 7) is 4.29. The number of nitrogens with zero attached hydrogens (tertiary/aromatic N) is 2. The Kier molecular flexibility index (Phi) is 5.88. The zero-order valence-corrected chi connectivity index (χ0v) is 17.6. The molecule has 1 aliphatic carbocycles. The van der Waals surface area contributed by atoms with E-state index in [0.717, 1.165) is 31.2 Å². The fourth-order valence-electron chi connectivity index (χ4n) is 4.66. The maximum atomic E-state index is 12.7. The quantitative estimate of drug-likeness (QED) is 0.703. The Morgan fingerprint density at radius 3 is 2.47 bits per heavy atom. The summed E-state index contributed by atoms with van der Waals surface area (Å²) in [4.78, 5) is 43.7. The number of hydrogen-bond acceptors (Lipinski definition) is 5. The first-order valence-corrected chi connectivity index (χ1v) is 10.9. The molecular formula is C23H29N3O4. The van der Waals surface area contributed by atoms with Gasteiger partial charge in [-0.1, -0.05) is 38.8 Å². The van der Waals surface area contributed by atoms with Crippen molar-refractivity contribution in [3.8, 4) is 0 Å². The molecule has 2 aromatic rings. The molecule has 1 saturated heterocycles. The lowest BCUT2D eigenvalue weighted by molar-refractivity contribution is -0.140. The van der Waals surface area contributed by atoms with E-state index in [4.69, 9.17) is 4.42 Å². The minimum atomic E-state index is -0.350. The number of carbonyl (C=O) groups is 3. The summed E-state index contributed by atoms with van der Waals surface area (Å²) in [6.07, 6.45) is 4.33. The summed E-state index contributed by atoms with van der Waals surface area (Å²) in [6, 6.07) is 7.16. The van der Waals surface area contributed by atoms with Crippen molar-refractivity contribution in [2.45, 2.75) is 58.4 Å². The van der Waals surface area contributed by atoms with Crippen molar-refractivity contribution in [1.82, 2.24) is 15.2 Å². The molecule has 3 amide bonds. The van der Waals surface area contributed by atoms with E-state index in [2.05, 4.69) is 24.1 Å². The number of fused-ring (bicyclic) bond motifs is 2. The average molecular weight is 412 g/mol. The topological polar surface area (TPSA) is 92.5 Å². The highest BCUT2D eigenvalue weighted by Crippen LogP contribution is 2.38. The van der Waals surface area contributed by atoms with Crippen LogP contribution in [0.5, 0.6) is 0 Å². The van der Waals surface area contributed by atoms with Gasteiger partial charge in [0.1, 0.15) is 11.6 Å². The van der Waals surface area contributed by atoms with Gasteiger partial charge in [-0.2, -0.15) is 0 Å². The van der Waals surface area contributed by atoms with Crippen LogP contribution in [0.2, 0.25) is 0 Å². The minimum Gasteiger partial charge on any atom is -0.438 e. The molecule has 2 heterocycles. The maximum Gasteiger partial charge on any atom is 0.233 e. The van der Waals surface area contributed by atoms with Crippen molar-refractivity contribution >= 4 is 28.8 Å². The number of likely N-dealkylation sites (tertiary alicyclic amines) is 1. The van der Waals surface area contributed by atoms with Gasteiger partial charge in [-0.25, -0.2) is 4.98 Å². The molecule has 1 aromatic heterocycles. The number of hydrogen-bond donors (Lipinski definition) is 1. The molecule has 0 bridgehead atoms. The summed E-state index contributed by atoms with van der Waals surface area (Å²) in [5, 5.41) is 3.00. The molecule has 1 N–H and O–H groups in total. The number of benzene rings is 1. The van der Waals surface area contributed by atoms with Crippen LogP contribution in [0, 0.1) is 17.8 Å². The first-order valence-electron chi connectivity index (χ1n) is 10.9. The van der Waals surface area contributed by atoms with Crippen molar-refractivity contribution in [3.05, 3.63) is 30.2 Å². The highest BCUT2D eigenvalue weighted by molar-refractivity contribution is 6.05. The third kappa shape index (κ3) is 4.11. The minimum absolute atomic E-state index is 0.0890. The largest absolute Gasteiger partial charge is 0.438 e. The molecule has 7 heteroatoms. The van der Waals surface area contributed by atoms with Gasteiger partial charge in [0, 0.05) is 13.0 Å². The van der Waals surface area contributed by atoms with Crippen LogP contribution in [0.1, 0.15) is 64.3 Å². The molecular weight excluding hydrogens is 382 g/mol. The number of rotatable bonds is 7. The van der Waals surface area contributed by atoms with E-state index in [1.54, 1.807) is 0 Å². The van der Waals surface area contributed by atoms with Gasteiger partial charge in [-0.3, -0.25) is 19.3 Å². The monoisotopic (exact) mass is 411 g/mol. The van der Waals surface area contributed by atoms with E-state index in [1.807, 2.05) is 24.3 Å². The normalized spacial score (nSPS) is 22.6. The predicted molar refractivity (Wildman–Crippen MR) is 111 cm³/mol. The molecule has 2 aliphatic rings. The molecule has 1 aromatic carbocycles. The average Bonchev–Trinajstić information content (AvgIpc) is 3.26. The molecule has 3 atom stereocenters. The Labute approximate surface area is 176 Å². The molecule has 7 nitrogen and oxygen atoms in total. The molecule has 2 fully saturated rings. The van der Waals surface area contributed by atoms with E-state index in [9.17, 15) is 14.4 Å². The Morgan fingerprint density at radius 1 is 1.17 bits per heavy atom. The van der Waals surface area contributed by atoms with Crippen LogP contribution in [0.4, 0.5) is 0 Å². The van der Waals surface area contributed by atoms with Crippen LogP contribution in [-0.2, 0) is 14.4 Å². The zero-order valence-electron chi connectivity index (χ0n) is 17.6. The van der Waals surface area contributed by atoms with Crippen molar-refractivity contribution in [1.29, 1.82) is 0 Å². The summed E-state index contributed by atoms with van der Waals surface area (Å²) >= 11 is 0. The molecule has 0 spiro atoms. The second kappa shape index (κ2) is 8.58. The van der Waals surface area contributed by atoms with E-state index in [0.29, 0.717) is 23.8 Å². The predicted octanol–water partition coefficient (Wildman–Crippen LogP) is 3.60. The Morgan fingerprint density at radius 2 is 1.83 bits per heavy atom. The van der Waals surface area contributed by atoms with Gasteiger partial charge in [-0.15, -0.1) is 0 Å². The first-order chi connectivity index (χ1) is 14.4. The summed E-state index contributed by atoms with van der Waals surface area (Å²) < 4.78 is 5.86. The Hall–Kier alpha value is -2.70. The van der Waals surface area contributed by atoms with Crippen LogP contribution in [-0.4, -0.2) is 34.2 Å². The van der Waals surface area contributed by atoms with E-state index >= 15 is 0 Å². The van der Waals surface area contributed by atoms with Crippen molar-refractivity contribution in [2.24, 2.45) is 17.8 Å². The number of imide groups is 1. The maximum absolute atomic E-state index is 12.7. The van der Waals surface area contributed by atoms with Crippen LogP contribution in [0.25, 0.3) is 11.1 Å². The summed E-state index contributed by atoms with van der Waals surface area (Å²) in [5.74, 6) is 0.0435. The van der Waals surface area contributed by atoms with Gasteiger partial charge < -0.3 is 9.73 Å². The lowest BCUT2D eigenvalue weighted by atomic mass is 9.81. The van der Waals surface area contributed by atoms with E-state index < -0.39 is 0 Å². The standard InChI is InChI=1S/C23H29N3O4/c1-14(2)13-18(21-25-17-9-5-6-10-19(17)30-21)24-20(27)11-12-26-22(28)15-7-3-4-8-16(15)23(26)29/h5-6,9-10,14-16,18H,3-4,7-8,11-13H2,1-2H3,(H,24,27)/t15-,16+,18-/m1/s1. The number of aromatic nitrogens is 1. The first kappa shape index (κ1) is 20.6. The van der Waals surface area contributed by atoms with Crippen LogP contribution in [0.15, 0.2) is 28.7 Å². The van der Waals surface area contributed by atoms with Gasteiger partial charge in [0.25, 0.3) is 0 Å². The van der Waals surface area contributed by atoms with Gasteiger partial charge in [0.2, 0.25) is 23.6 Å². The van der Waals surface area contributed by atoms with Crippen LogP contribution < -0.4 is 5.32 Å². The molecule has 0 radical (unpaired) electrons. The lowest BCUT2D eigenvalue weighted by Gasteiger charge is -2.19. The Bertz CT molecular complexity index is 894. The smallest absolute Gasteiger partial charge is 0.233 e.